The van der Waals surface area contributed by atoms with E-state index >= 15 is 0 Å². The van der Waals surface area contributed by atoms with Gasteiger partial charge in [0, 0.05) is 42.7 Å². The van der Waals surface area contributed by atoms with Crippen LogP contribution in [0.5, 0.6) is 11.5 Å². The lowest BCUT2D eigenvalue weighted by Gasteiger charge is -2.23. The number of hydrogen-bond donors (Lipinski definition) is 1. The summed E-state index contributed by atoms with van der Waals surface area (Å²) in [6.45, 7) is 2.14. The van der Waals surface area contributed by atoms with Gasteiger partial charge in [0.05, 0.1) is 19.8 Å². The summed E-state index contributed by atoms with van der Waals surface area (Å²) in [5, 5.41) is 0. The minimum atomic E-state index is -0.0962. The number of methoxy groups -OCH3 is 2. The molecule has 6 nitrogen and oxygen atoms in total. The molecule has 1 saturated heterocycles. The van der Waals surface area contributed by atoms with Gasteiger partial charge in [-0.2, -0.15) is 0 Å². The van der Waals surface area contributed by atoms with Gasteiger partial charge >= 0.3 is 0 Å². The van der Waals surface area contributed by atoms with E-state index in [1.165, 1.54) is 0 Å². The minimum absolute atomic E-state index is 0.0528. The van der Waals surface area contributed by atoms with E-state index in [1.54, 1.807) is 54.4 Å². The van der Waals surface area contributed by atoms with Crippen LogP contribution in [-0.2, 0) is 0 Å². The summed E-state index contributed by atoms with van der Waals surface area (Å²) in [4.78, 5) is 30.0. The third kappa shape index (κ3) is 4.42. The highest BCUT2D eigenvalue weighted by Crippen LogP contribution is 2.24. The number of rotatable bonds is 4. The summed E-state index contributed by atoms with van der Waals surface area (Å²) in [7, 11) is 3.11. The highest BCUT2D eigenvalue weighted by molar-refractivity contribution is 7.80. The molecule has 0 bridgehead atoms. The first-order valence-electron chi connectivity index (χ1n) is 9.13. The van der Waals surface area contributed by atoms with Crippen molar-refractivity contribution >= 4 is 24.4 Å². The Kier molecular flexibility index (Phi) is 6.46. The molecule has 2 aromatic carbocycles. The van der Waals surface area contributed by atoms with Gasteiger partial charge in [0.1, 0.15) is 11.5 Å². The van der Waals surface area contributed by atoms with Crippen molar-refractivity contribution in [1.29, 1.82) is 0 Å². The van der Waals surface area contributed by atoms with Crippen molar-refractivity contribution in [2.24, 2.45) is 0 Å². The summed E-state index contributed by atoms with van der Waals surface area (Å²) < 4.78 is 10.5. The SMILES string of the molecule is COc1cc(OC)cc(C(=O)N2CCCN(C(=O)c3ccccc3S)CC2)c1. The molecule has 148 valence electrons. The fraction of sp³-hybridized carbons (Fsp3) is 0.333. The topological polar surface area (TPSA) is 59.1 Å². The van der Waals surface area contributed by atoms with Gasteiger partial charge in [0.2, 0.25) is 0 Å². The predicted molar refractivity (Wildman–Crippen MR) is 110 cm³/mol. The van der Waals surface area contributed by atoms with E-state index in [2.05, 4.69) is 12.6 Å². The van der Waals surface area contributed by atoms with Crippen molar-refractivity contribution in [1.82, 2.24) is 9.80 Å². The van der Waals surface area contributed by atoms with Crippen LogP contribution in [0.1, 0.15) is 27.1 Å². The zero-order valence-electron chi connectivity index (χ0n) is 16.1. The summed E-state index contributed by atoms with van der Waals surface area (Å²) in [5.74, 6) is 0.989. The van der Waals surface area contributed by atoms with Crippen molar-refractivity contribution in [3.8, 4) is 11.5 Å². The van der Waals surface area contributed by atoms with Crippen LogP contribution in [0.2, 0.25) is 0 Å². The van der Waals surface area contributed by atoms with Gasteiger partial charge < -0.3 is 19.3 Å². The largest absolute Gasteiger partial charge is 0.497 e. The van der Waals surface area contributed by atoms with Crippen LogP contribution in [0.15, 0.2) is 47.4 Å². The molecule has 0 saturated carbocycles. The van der Waals surface area contributed by atoms with Crippen LogP contribution in [0.25, 0.3) is 0 Å². The Labute approximate surface area is 170 Å². The summed E-state index contributed by atoms with van der Waals surface area (Å²) in [6, 6.07) is 12.4. The Morgan fingerprint density at radius 2 is 1.43 bits per heavy atom. The van der Waals surface area contributed by atoms with Crippen molar-refractivity contribution < 1.29 is 19.1 Å². The first-order valence-corrected chi connectivity index (χ1v) is 9.58. The second-order valence-corrected chi connectivity index (χ2v) is 7.04. The fourth-order valence-electron chi connectivity index (χ4n) is 3.26. The summed E-state index contributed by atoms with van der Waals surface area (Å²) in [6.07, 6.45) is 0.716. The molecule has 2 aromatic rings. The third-order valence-corrected chi connectivity index (χ3v) is 5.19. The molecule has 1 fully saturated rings. The molecular weight excluding hydrogens is 376 g/mol. The molecule has 28 heavy (non-hydrogen) atoms. The van der Waals surface area contributed by atoms with Gasteiger partial charge in [-0.1, -0.05) is 12.1 Å². The van der Waals surface area contributed by atoms with E-state index in [0.29, 0.717) is 60.1 Å². The maximum atomic E-state index is 13.0. The highest BCUT2D eigenvalue weighted by atomic mass is 32.1. The monoisotopic (exact) mass is 400 g/mol. The highest BCUT2D eigenvalue weighted by Gasteiger charge is 2.25. The second-order valence-electron chi connectivity index (χ2n) is 6.56. The molecule has 2 amide bonds. The molecule has 0 spiro atoms. The minimum Gasteiger partial charge on any atom is -0.497 e. The number of ether oxygens (including phenoxy) is 2. The quantitative estimate of drug-likeness (QED) is 0.802. The summed E-state index contributed by atoms with van der Waals surface area (Å²) >= 11 is 4.38. The van der Waals surface area contributed by atoms with Crippen LogP contribution < -0.4 is 9.47 Å². The van der Waals surface area contributed by atoms with Crippen LogP contribution >= 0.6 is 12.6 Å². The Morgan fingerprint density at radius 3 is 2.00 bits per heavy atom. The van der Waals surface area contributed by atoms with Crippen molar-refractivity contribution in [2.75, 3.05) is 40.4 Å². The lowest BCUT2D eigenvalue weighted by molar-refractivity contribution is 0.0716. The zero-order chi connectivity index (χ0) is 20.1. The van der Waals surface area contributed by atoms with Gasteiger partial charge in [-0.05, 0) is 30.7 Å². The lowest BCUT2D eigenvalue weighted by atomic mass is 10.1. The van der Waals surface area contributed by atoms with Gasteiger partial charge in [-0.3, -0.25) is 9.59 Å². The Balaban J connectivity index is 1.72. The fourth-order valence-corrected chi connectivity index (χ4v) is 3.52. The molecule has 0 unspecified atom stereocenters. The number of benzene rings is 2. The average Bonchev–Trinajstić information content (AvgIpc) is 2.99. The molecule has 0 radical (unpaired) electrons. The van der Waals surface area contributed by atoms with E-state index in [-0.39, 0.29) is 11.8 Å². The molecule has 7 heteroatoms. The van der Waals surface area contributed by atoms with Crippen molar-refractivity contribution in [3.63, 3.8) is 0 Å². The number of carbonyl (C=O) groups excluding carboxylic acids is 2. The lowest BCUT2D eigenvalue weighted by Crippen LogP contribution is -2.37. The van der Waals surface area contributed by atoms with E-state index < -0.39 is 0 Å². The maximum Gasteiger partial charge on any atom is 0.255 e. The number of nitrogens with zero attached hydrogens (tertiary/aromatic N) is 2. The average molecular weight is 401 g/mol. The Bertz CT molecular complexity index is 849. The van der Waals surface area contributed by atoms with Gasteiger partial charge in [0.15, 0.2) is 0 Å². The third-order valence-electron chi connectivity index (χ3n) is 4.80. The van der Waals surface area contributed by atoms with E-state index in [9.17, 15) is 9.59 Å². The first-order chi connectivity index (χ1) is 13.5. The van der Waals surface area contributed by atoms with Crippen molar-refractivity contribution in [2.45, 2.75) is 11.3 Å². The molecule has 0 atom stereocenters. The van der Waals surface area contributed by atoms with Crippen LogP contribution in [-0.4, -0.2) is 62.0 Å². The maximum absolute atomic E-state index is 13.0. The molecular formula is C21H24N2O4S. The normalized spacial score (nSPS) is 14.4. The predicted octanol–water partition coefficient (Wildman–Crippen LogP) is 2.98. The molecule has 3 rings (SSSR count). The summed E-state index contributed by atoms with van der Waals surface area (Å²) in [5.41, 5.74) is 1.10. The molecule has 0 aromatic heterocycles. The van der Waals surface area contributed by atoms with Gasteiger partial charge in [0.25, 0.3) is 11.8 Å². The Morgan fingerprint density at radius 1 is 0.857 bits per heavy atom. The Hall–Kier alpha value is -2.67. The van der Waals surface area contributed by atoms with Crippen LogP contribution in [0.3, 0.4) is 0 Å². The van der Waals surface area contributed by atoms with Gasteiger partial charge in [-0.25, -0.2) is 0 Å². The van der Waals surface area contributed by atoms with E-state index in [0.717, 1.165) is 0 Å². The van der Waals surface area contributed by atoms with E-state index in [1.807, 2.05) is 12.1 Å². The van der Waals surface area contributed by atoms with E-state index in [4.69, 9.17) is 9.47 Å². The molecule has 0 aliphatic carbocycles. The second kappa shape index (κ2) is 9.01. The molecule has 0 N–H and O–H groups in total. The molecule has 1 heterocycles. The standard InChI is InChI=1S/C21H24N2O4S/c1-26-16-12-15(13-17(14-16)27-2)20(24)22-8-5-9-23(11-10-22)21(25)18-6-3-4-7-19(18)28/h3-4,6-7,12-14,28H,5,8-11H2,1-2H3. The number of amides is 2. The molecule has 1 aliphatic rings. The smallest absolute Gasteiger partial charge is 0.255 e. The zero-order valence-corrected chi connectivity index (χ0v) is 16.9. The molecule has 1 aliphatic heterocycles. The van der Waals surface area contributed by atoms with Crippen LogP contribution in [0.4, 0.5) is 0 Å². The van der Waals surface area contributed by atoms with Crippen LogP contribution in [0, 0.1) is 0 Å². The number of hydrogen-bond acceptors (Lipinski definition) is 5. The van der Waals surface area contributed by atoms with Gasteiger partial charge in [-0.15, -0.1) is 12.6 Å². The first kappa shape index (κ1) is 20.1. The van der Waals surface area contributed by atoms with Crippen molar-refractivity contribution in [3.05, 3.63) is 53.6 Å². The number of carbonyl (C=O) groups is 2. The number of thiol groups is 1.